The Morgan fingerprint density at radius 2 is 1.62 bits per heavy atom. The van der Waals surface area contributed by atoms with Gasteiger partial charge in [-0.2, -0.15) is 0 Å². The summed E-state index contributed by atoms with van der Waals surface area (Å²) in [5, 5.41) is 5.49. The summed E-state index contributed by atoms with van der Waals surface area (Å²) in [4.78, 5) is 0.331. The van der Waals surface area contributed by atoms with Gasteiger partial charge in [0.2, 0.25) is 20.0 Å². The highest BCUT2D eigenvalue weighted by molar-refractivity contribution is 7.89. The van der Waals surface area contributed by atoms with Crippen molar-refractivity contribution >= 4 is 20.0 Å². The van der Waals surface area contributed by atoms with Gasteiger partial charge >= 0.3 is 0 Å². The maximum absolute atomic E-state index is 12.8. The fraction of sp³-hybridized carbons (Fsp3) is 0.565. The van der Waals surface area contributed by atoms with E-state index < -0.39 is 25.6 Å². The van der Waals surface area contributed by atoms with Gasteiger partial charge in [-0.25, -0.2) is 26.7 Å². The van der Waals surface area contributed by atoms with Crippen molar-refractivity contribution in [1.82, 2.24) is 9.29 Å². The minimum Gasteiger partial charge on any atom is -0.343 e. The van der Waals surface area contributed by atoms with Gasteiger partial charge in [0.1, 0.15) is 4.90 Å². The van der Waals surface area contributed by atoms with Crippen LogP contribution in [0.15, 0.2) is 34.1 Å². The molecular formula is C23H35N3O4S2. The quantitative estimate of drug-likeness (QED) is 0.647. The summed E-state index contributed by atoms with van der Waals surface area (Å²) in [5.74, 6) is 0.485. The van der Waals surface area contributed by atoms with E-state index in [1.807, 2.05) is 4.57 Å². The van der Waals surface area contributed by atoms with Crippen LogP contribution in [0, 0.1) is 19.8 Å². The van der Waals surface area contributed by atoms with Crippen LogP contribution in [0.3, 0.4) is 0 Å². The number of nitrogens with zero attached hydrogens (tertiary/aromatic N) is 1. The number of hydrogen-bond acceptors (Lipinski definition) is 4. The van der Waals surface area contributed by atoms with Crippen LogP contribution in [0.5, 0.6) is 0 Å². The third-order valence-corrected chi connectivity index (χ3v) is 8.94. The van der Waals surface area contributed by atoms with Crippen molar-refractivity contribution in [3.8, 4) is 11.3 Å². The second-order valence-corrected chi connectivity index (χ2v) is 13.2. The van der Waals surface area contributed by atoms with Gasteiger partial charge < -0.3 is 4.57 Å². The van der Waals surface area contributed by atoms with E-state index in [4.69, 9.17) is 5.14 Å². The van der Waals surface area contributed by atoms with Crippen LogP contribution >= 0.6 is 0 Å². The molecule has 2 aromatic rings. The zero-order chi connectivity index (χ0) is 23.9. The molecule has 0 saturated heterocycles. The lowest BCUT2D eigenvalue weighted by molar-refractivity contribution is 0.318. The van der Waals surface area contributed by atoms with Gasteiger partial charge in [0.15, 0.2) is 0 Å². The monoisotopic (exact) mass is 481 g/mol. The van der Waals surface area contributed by atoms with Crippen LogP contribution < -0.4 is 9.86 Å². The molecule has 32 heavy (non-hydrogen) atoms. The SMILES string of the molecule is Cc1cc(-c2cc(S(N)(=O)=O)c(C)n2CC2CCCCC2)ccc1S(=O)(=O)NC(C)(C)C. The van der Waals surface area contributed by atoms with E-state index in [-0.39, 0.29) is 9.79 Å². The van der Waals surface area contributed by atoms with Gasteiger partial charge in [-0.1, -0.05) is 25.3 Å². The van der Waals surface area contributed by atoms with E-state index in [2.05, 4.69) is 4.72 Å². The van der Waals surface area contributed by atoms with Crippen molar-refractivity contribution < 1.29 is 16.8 Å². The lowest BCUT2D eigenvalue weighted by Gasteiger charge is -2.24. The first kappa shape index (κ1) is 25.0. The van der Waals surface area contributed by atoms with Crippen molar-refractivity contribution in [3.63, 3.8) is 0 Å². The van der Waals surface area contributed by atoms with Gasteiger partial charge in [-0.05, 0) is 82.7 Å². The normalized spacial score (nSPS) is 16.4. The molecule has 7 nitrogen and oxygen atoms in total. The smallest absolute Gasteiger partial charge is 0.241 e. The minimum atomic E-state index is -3.87. The van der Waals surface area contributed by atoms with Gasteiger partial charge in [-0.15, -0.1) is 0 Å². The standard InChI is InChI=1S/C23H35N3O4S2/c1-16-13-19(11-12-21(16)32(29,30)25-23(3,4)5)20-14-22(31(24,27)28)17(2)26(20)15-18-9-7-6-8-10-18/h11-14,18,25H,6-10,15H2,1-5H3,(H2,24,27,28). The second kappa shape index (κ2) is 8.93. The van der Waals surface area contributed by atoms with Crippen LogP contribution in [-0.2, 0) is 26.6 Å². The molecule has 0 unspecified atom stereocenters. The average molecular weight is 482 g/mol. The Labute approximate surface area is 192 Å². The molecule has 0 amide bonds. The van der Waals surface area contributed by atoms with Crippen molar-refractivity contribution in [2.24, 2.45) is 11.1 Å². The fourth-order valence-corrected chi connectivity index (χ4v) is 7.02. The average Bonchev–Trinajstić information content (AvgIpc) is 2.97. The summed E-state index contributed by atoms with van der Waals surface area (Å²) in [5.41, 5.74) is 2.13. The number of nitrogens with one attached hydrogen (secondary N) is 1. The molecule has 3 N–H and O–H groups in total. The zero-order valence-corrected chi connectivity index (χ0v) is 21.2. The molecule has 1 aromatic carbocycles. The summed E-state index contributed by atoms with van der Waals surface area (Å²) in [6.45, 7) is 9.65. The maximum atomic E-state index is 12.8. The topological polar surface area (TPSA) is 111 Å². The van der Waals surface area contributed by atoms with E-state index >= 15 is 0 Å². The van der Waals surface area contributed by atoms with Gasteiger partial charge in [0.05, 0.1) is 4.90 Å². The fourth-order valence-electron chi connectivity index (χ4n) is 4.58. The first-order valence-corrected chi connectivity index (χ1v) is 14.1. The van der Waals surface area contributed by atoms with Crippen LogP contribution in [-0.4, -0.2) is 26.9 Å². The number of nitrogens with two attached hydrogens (primary N) is 1. The van der Waals surface area contributed by atoms with E-state index in [1.165, 1.54) is 19.3 Å². The first-order valence-electron chi connectivity index (χ1n) is 11.1. The molecule has 1 aliphatic carbocycles. The number of rotatable bonds is 6. The first-order chi connectivity index (χ1) is 14.7. The Kier molecular flexibility index (Phi) is 6.96. The lowest BCUT2D eigenvalue weighted by Crippen LogP contribution is -2.40. The van der Waals surface area contributed by atoms with E-state index in [1.54, 1.807) is 58.9 Å². The highest BCUT2D eigenvalue weighted by Gasteiger charge is 2.26. The van der Waals surface area contributed by atoms with Gasteiger partial charge in [0, 0.05) is 23.5 Å². The second-order valence-electron chi connectivity index (χ2n) is 9.97. The largest absolute Gasteiger partial charge is 0.343 e. The summed E-state index contributed by atoms with van der Waals surface area (Å²) >= 11 is 0. The Morgan fingerprint density at radius 3 is 2.16 bits per heavy atom. The molecule has 0 atom stereocenters. The maximum Gasteiger partial charge on any atom is 0.241 e. The predicted molar refractivity (Wildman–Crippen MR) is 127 cm³/mol. The highest BCUT2D eigenvalue weighted by atomic mass is 32.2. The molecule has 0 aliphatic heterocycles. The van der Waals surface area contributed by atoms with Crippen molar-refractivity contribution in [3.05, 3.63) is 35.5 Å². The number of primary sulfonamides is 1. The van der Waals surface area contributed by atoms with Crippen LogP contribution in [0.25, 0.3) is 11.3 Å². The molecule has 3 rings (SSSR count). The zero-order valence-electron chi connectivity index (χ0n) is 19.6. The Bertz CT molecular complexity index is 1200. The molecule has 1 fully saturated rings. The molecule has 0 bridgehead atoms. The molecule has 1 saturated carbocycles. The van der Waals surface area contributed by atoms with Gasteiger partial charge in [-0.3, -0.25) is 0 Å². The van der Waals surface area contributed by atoms with Crippen LogP contribution in [0.4, 0.5) is 0 Å². The summed E-state index contributed by atoms with van der Waals surface area (Å²) in [6, 6.07) is 6.74. The van der Waals surface area contributed by atoms with Crippen molar-refractivity contribution in [2.45, 2.75) is 88.6 Å². The molecule has 1 aliphatic rings. The van der Waals surface area contributed by atoms with E-state index in [0.717, 1.165) is 30.6 Å². The number of aryl methyl sites for hydroxylation is 1. The van der Waals surface area contributed by atoms with E-state index in [0.29, 0.717) is 17.2 Å². The minimum absolute atomic E-state index is 0.118. The summed E-state index contributed by atoms with van der Waals surface area (Å²) in [7, 11) is -7.55. The van der Waals surface area contributed by atoms with Crippen molar-refractivity contribution in [1.29, 1.82) is 0 Å². The molecule has 0 spiro atoms. The molecule has 9 heteroatoms. The third kappa shape index (κ3) is 5.62. The van der Waals surface area contributed by atoms with Gasteiger partial charge in [0.25, 0.3) is 0 Å². The number of aromatic nitrogens is 1. The third-order valence-electron chi connectivity index (χ3n) is 5.99. The highest BCUT2D eigenvalue weighted by Crippen LogP contribution is 2.33. The molecular weight excluding hydrogens is 446 g/mol. The molecule has 1 aromatic heterocycles. The van der Waals surface area contributed by atoms with Crippen LogP contribution in [0.1, 0.15) is 64.1 Å². The number of hydrogen-bond donors (Lipinski definition) is 2. The van der Waals surface area contributed by atoms with E-state index in [9.17, 15) is 16.8 Å². The predicted octanol–water partition coefficient (Wildman–Crippen LogP) is 4.08. The Balaban J connectivity index is 2.07. The Morgan fingerprint density at radius 1 is 1.00 bits per heavy atom. The van der Waals surface area contributed by atoms with Crippen molar-refractivity contribution in [2.75, 3.05) is 0 Å². The number of sulfonamides is 2. The Hall–Kier alpha value is -1.68. The molecule has 0 radical (unpaired) electrons. The van der Waals surface area contributed by atoms with Crippen LogP contribution in [0.2, 0.25) is 0 Å². The number of benzene rings is 1. The summed E-state index contributed by atoms with van der Waals surface area (Å²) < 4.78 is 54.8. The molecule has 178 valence electrons. The molecule has 1 heterocycles. The lowest BCUT2D eigenvalue weighted by atomic mass is 9.89. The summed E-state index contributed by atoms with van der Waals surface area (Å²) in [6.07, 6.45) is 5.87.